The van der Waals surface area contributed by atoms with E-state index >= 15 is 0 Å². The Morgan fingerprint density at radius 2 is 1.96 bits per heavy atom. The van der Waals surface area contributed by atoms with Gasteiger partial charge in [-0.3, -0.25) is 9.59 Å². The minimum Gasteiger partial charge on any atom is -0.496 e. The van der Waals surface area contributed by atoms with E-state index < -0.39 is 6.04 Å². The first-order valence-electron chi connectivity index (χ1n) is 8.39. The van der Waals surface area contributed by atoms with Crippen LogP contribution >= 0.6 is 11.8 Å². The van der Waals surface area contributed by atoms with Crippen molar-refractivity contribution in [2.75, 3.05) is 32.2 Å². The lowest BCUT2D eigenvalue weighted by Crippen LogP contribution is -2.50. The number of piperidine rings is 1. The van der Waals surface area contributed by atoms with Crippen LogP contribution in [0.3, 0.4) is 0 Å². The number of carbonyl (C=O) groups excluding carboxylic acids is 2. The van der Waals surface area contributed by atoms with Crippen LogP contribution in [-0.4, -0.2) is 55.0 Å². The van der Waals surface area contributed by atoms with Gasteiger partial charge in [0, 0.05) is 13.1 Å². The van der Waals surface area contributed by atoms with Crippen LogP contribution in [0.5, 0.6) is 5.75 Å². The number of rotatable bonds is 7. The van der Waals surface area contributed by atoms with Crippen molar-refractivity contribution in [1.29, 1.82) is 0 Å². The third-order valence-electron chi connectivity index (χ3n) is 4.23. The Labute approximate surface area is 148 Å². The first-order valence-corrected chi connectivity index (χ1v) is 9.78. The molecule has 0 radical (unpaired) electrons. The molecule has 0 saturated carbocycles. The second-order valence-electron chi connectivity index (χ2n) is 5.89. The molecule has 2 amide bonds. The first kappa shape index (κ1) is 18.6. The summed E-state index contributed by atoms with van der Waals surface area (Å²) in [5, 5.41) is 2.92. The standard InChI is InChI=1S/C18H26N2O3S/c1-23-16-9-5-4-8-14(16)17(21)19-15(10-13-24-2)18(22)20-11-6-3-7-12-20/h4-5,8-9,15H,3,6-7,10-13H2,1-2H3,(H,19,21). The zero-order chi connectivity index (χ0) is 17.4. The summed E-state index contributed by atoms with van der Waals surface area (Å²) in [5.41, 5.74) is 0.459. The molecule has 1 unspecified atom stereocenters. The topological polar surface area (TPSA) is 58.6 Å². The first-order chi connectivity index (χ1) is 11.7. The van der Waals surface area contributed by atoms with Crippen molar-refractivity contribution in [2.24, 2.45) is 0 Å². The van der Waals surface area contributed by atoms with Gasteiger partial charge in [0.25, 0.3) is 5.91 Å². The molecular weight excluding hydrogens is 324 g/mol. The summed E-state index contributed by atoms with van der Waals surface area (Å²) in [6.45, 7) is 1.58. The number of ether oxygens (including phenoxy) is 1. The Morgan fingerprint density at radius 1 is 1.25 bits per heavy atom. The van der Waals surface area contributed by atoms with E-state index in [9.17, 15) is 9.59 Å². The lowest BCUT2D eigenvalue weighted by Gasteiger charge is -2.30. The average Bonchev–Trinajstić information content (AvgIpc) is 2.65. The molecule has 2 rings (SSSR count). The van der Waals surface area contributed by atoms with E-state index in [1.807, 2.05) is 17.2 Å². The smallest absolute Gasteiger partial charge is 0.255 e. The number of amides is 2. The zero-order valence-electron chi connectivity index (χ0n) is 14.4. The van der Waals surface area contributed by atoms with Gasteiger partial charge >= 0.3 is 0 Å². The quantitative estimate of drug-likeness (QED) is 0.821. The Hall–Kier alpha value is -1.69. The minimum atomic E-state index is -0.479. The van der Waals surface area contributed by atoms with E-state index in [1.54, 1.807) is 30.0 Å². The fraction of sp³-hybridized carbons (Fsp3) is 0.556. The molecule has 1 aromatic carbocycles. The monoisotopic (exact) mass is 350 g/mol. The van der Waals surface area contributed by atoms with Gasteiger partial charge in [0.15, 0.2) is 0 Å². The predicted octanol–water partition coefficient (Wildman–Crippen LogP) is 2.56. The molecule has 0 aliphatic carbocycles. The molecule has 1 saturated heterocycles. The summed E-state index contributed by atoms with van der Waals surface area (Å²) in [7, 11) is 1.54. The maximum Gasteiger partial charge on any atom is 0.255 e. The van der Waals surface area contributed by atoms with E-state index in [2.05, 4.69) is 5.32 Å². The van der Waals surface area contributed by atoms with Crippen molar-refractivity contribution in [3.63, 3.8) is 0 Å². The van der Waals surface area contributed by atoms with Crippen LogP contribution in [0.15, 0.2) is 24.3 Å². The number of nitrogens with zero attached hydrogens (tertiary/aromatic N) is 1. The van der Waals surface area contributed by atoms with Gasteiger partial charge < -0.3 is 15.0 Å². The van der Waals surface area contributed by atoms with Crippen LogP contribution < -0.4 is 10.1 Å². The SMILES string of the molecule is COc1ccccc1C(=O)NC(CCSC)C(=O)N1CCCCC1. The highest BCUT2D eigenvalue weighted by Crippen LogP contribution is 2.18. The average molecular weight is 350 g/mol. The van der Waals surface area contributed by atoms with Crippen LogP contribution in [0.25, 0.3) is 0 Å². The molecule has 1 atom stereocenters. The number of hydrogen-bond donors (Lipinski definition) is 1. The van der Waals surface area contributed by atoms with Crippen molar-refractivity contribution < 1.29 is 14.3 Å². The molecule has 5 nitrogen and oxygen atoms in total. The number of nitrogens with one attached hydrogen (secondary N) is 1. The lowest BCUT2D eigenvalue weighted by atomic mass is 10.1. The number of hydrogen-bond acceptors (Lipinski definition) is 4. The van der Waals surface area contributed by atoms with Crippen LogP contribution in [0.1, 0.15) is 36.0 Å². The van der Waals surface area contributed by atoms with Gasteiger partial charge in [-0.2, -0.15) is 11.8 Å². The molecule has 0 aromatic heterocycles. The van der Waals surface area contributed by atoms with E-state index in [-0.39, 0.29) is 11.8 Å². The normalized spacial score (nSPS) is 15.7. The molecule has 1 fully saturated rings. The summed E-state index contributed by atoms with van der Waals surface area (Å²) < 4.78 is 5.25. The van der Waals surface area contributed by atoms with Gasteiger partial charge in [-0.15, -0.1) is 0 Å². The molecule has 1 heterocycles. The fourth-order valence-electron chi connectivity index (χ4n) is 2.90. The van der Waals surface area contributed by atoms with E-state index in [0.717, 1.165) is 31.7 Å². The van der Waals surface area contributed by atoms with Crippen molar-refractivity contribution in [3.05, 3.63) is 29.8 Å². The Balaban J connectivity index is 2.09. The maximum atomic E-state index is 12.8. The largest absolute Gasteiger partial charge is 0.496 e. The number of carbonyl (C=O) groups is 2. The summed E-state index contributed by atoms with van der Waals surface area (Å²) in [4.78, 5) is 27.3. The van der Waals surface area contributed by atoms with Gasteiger partial charge in [0.2, 0.25) is 5.91 Å². The number of thioether (sulfide) groups is 1. The third kappa shape index (κ3) is 4.90. The molecule has 132 valence electrons. The van der Waals surface area contributed by atoms with Gasteiger partial charge in [-0.1, -0.05) is 12.1 Å². The third-order valence-corrected chi connectivity index (χ3v) is 4.88. The highest BCUT2D eigenvalue weighted by atomic mass is 32.2. The maximum absolute atomic E-state index is 12.8. The highest BCUT2D eigenvalue weighted by molar-refractivity contribution is 7.98. The lowest BCUT2D eigenvalue weighted by molar-refractivity contribution is -0.134. The van der Waals surface area contributed by atoms with Crippen molar-refractivity contribution in [1.82, 2.24) is 10.2 Å². The summed E-state index contributed by atoms with van der Waals surface area (Å²) >= 11 is 1.68. The molecule has 1 aromatic rings. The van der Waals surface area contributed by atoms with Crippen LogP contribution in [-0.2, 0) is 4.79 Å². The predicted molar refractivity (Wildman–Crippen MR) is 97.7 cm³/mol. The summed E-state index contributed by atoms with van der Waals surface area (Å²) in [6, 6.07) is 6.59. The van der Waals surface area contributed by atoms with Crippen molar-refractivity contribution >= 4 is 23.6 Å². The van der Waals surface area contributed by atoms with Gasteiger partial charge in [0.05, 0.1) is 12.7 Å². The van der Waals surface area contributed by atoms with Crippen LogP contribution in [0.4, 0.5) is 0 Å². The molecule has 1 aliphatic heterocycles. The van der Waals surface area contributed by atoms with Crippen LogP contribution in [0.2, 0.25) is 0 Å². The van der Waals surface area contributed by atoms with E-state index in [4.69, 9.17) is 4.74 Å². The van der Waals surface area contributed by atoms with E-state index in [1.165, 1.54) is 13.5 Å². The highest BCUT2D eigenvalue weighted by Gasteiger charge is 2.27. The fourth-order valence-corrected chi connectivity index (χ4v) is 3.37. The molecule has 1 N–H and O–H groups in total. The second kappa shape index (κ2) is 9.57. The minimum absolute atomic E-state index is 0.0343. The summed E-state index contributed by atoms with van der Waals surface area (Å²) in [5.74, 6) is 1.12. The molecule has 0 spiro atoms. The molecule has 24 heavy (non-hydrogen) atoms. The Morgan fingerprint density at radius 3 is 2.62 bits per heavy atom. The van der Waals surface area contributed by atoms with Gasteiger partial charge in [-0.25, -0.2) is 0 Å². The number of likely N-dealkylation sites (tertiary alicyclic amines) is 1. The van der Waals surface area contributed by atoms with Crippen molar-refractivity contribution in [3.8, 4) is 5.75 Å². The molecule has 0 bridgehead atoms. The number of para-hydroxylation sites is 1. The van der Waals surface area contributed by atoms with Gasteiger partial charge in [0.1, 0.15) is 11.8 Å². The van der Waals surface area contributed by atoms with E-state index in [0.29, 0.717) is 17.7 Å². The Kier molecular flexibility index (Phi) is 7.43. The molecular formula is C18H26N2O3S. The second-order valence-corrected chi connectivity index (χ2v) is 6.88. The zero-order valence-corrected chi connectivity index (χ0v) is 15.2. The molecule has 6 heteroatoms. The number of methoxy groups -OCH3 is 1. The summed E-state index contributed by atoms with van der Waals surface area (Å²) in [6.07, 6.45) is 5.90. The number of benzene rings is 1. The van der Waals surface area contributed by atoms with Crippen molar-refractivity contribution in [2.45, 2.75) is 31.7 Å². The molecule has 1 aliphatic rings. The Bertz CT molecular complexity index is 559. The van der Waals surface area contributed by atoms with Gasteiger partial charge in [-0.05, 0) is 49.8 Å². The van der Waals surface area contributed by atoms with Crippen LogP contribution in [0, 0.1) is 0 Å².